The van der Waals surface area contributed by atoms with Gasteiger partial charge < -0.3 is 9.47 Å². The van der Waals surface area contributed by atoms with Gasteiger partial charge in [0.15, 0.2) is 0 Å². The van der Waals surface area contributed by atoms with E-state index in [-0.39, 0.29) is 0 Å². The van der Waals surface area contributed by atoms with Crippen molar-refractivity contribution in [1.29, 1.82) is 0 Å². The first-order valence-corrected chi connectivity index (χ1v) is 4.95. The van der Waals surface area contributed by atoms with Crippen molar-refractivity contribution in [2.45, 2.75) is 38.2 Å². The van der Waals surface area contributed by atoms with Gasteiger partial charge >= 0.3 is 0 Å². The summed E-state index contributed by atoms with van der Waals surface area (Å²) in [7, 11) is 0. The Morgan fingerprint density at radius 3 is 2.92 bits per heavy atom. The van der Waals surface area contributed by atoms with E-state index in [1.54, 1.807) is 0 Å². The number of rotatable bonds is 1. The zero-order valence-corrected chi connectivity index (χ0v) is 7.21. The molecule has 12 heavy (non-hydrogen) atoms. The van der Waals surface area contributed by atoms with Crippen LogP contribution in [0.2, 0.25) is 0 Å². The quantitative estimate of drug-likeness (QED) is 0.595. The van der Waals surface area contributed by atoms with Gasteiger partial charge in [-0.2, -0.15) is 0 Å². The molecule has 2 heterocycles. The summed E-state index contributed by atoms with van der Waals surface area (Å²) in [5, 5.41) is 0. The molecule has 2 aliphatic heterocycles. The molecule has 1 aliphatic carbocycles. The standard InChI is InChI=1S/C10H14O2/c1-2-8(11-5-1)7-3-4-9-10(6-7)12-9/h7-8H,1-6H2. The fraction of sp³-hybridized carbons (Fsp3) is 0.800. The molecule has 0 saturated carbocycles. The molecule has 0 radical (unpaired) electrons. The van der Waals surface area contributed by atoms with E-state index in [1.807, 2.05) is 0 Å². The summed E-state index contributed by atoms with van der Waals surface area (Å²) in [6.45, 7) is 0.980. The molecule has 0 aromatic rings. The molecule has 0 bridgehead atoms. The van der Waals surface area contributed by atoms with Crippen molar-refractivity contribution in [3.8, 4) is 0 Å². The van der Waals surface area contributed by atoms with Crippen molar-refractivity contribution in [3.63, 3.8) is 0 Å². The van der Waals surface area contributed by atoms with Crippen molar-refractivity contribution in [2.24, 2.45) is 5.92 Å². The molecule has 3 rings (SSSR count). The highest BCUT2D eigenvalue weighted by Gasteiger charge is 2.37. The number of ether oxygens (including phenoxy) is 2. The summed E-state index contributed by atoms with van der Waals surface area (Å²) in [6, 6.07) is 0. The van der Waals surface area contributed by atoms with Crippen LogP contribution in [0.3, 0.4) is 0 Å². The van der Waals surface area contributed by atoms with Crippen LogP contribution in [0.5, 0.6) is 0 Å². The van der Waals surface area contributed by atoms with E-state index in [9.17, 15) is 0 Å². The Balaban J connectivity index is 1.65. The average molecular weight is 166 g/mol. The van der Waals surface area contributed by atoms with Gasteiger partial charge in [0.25, 0.3) is 0 Å². The summed E-state index contributed by atoms with van der Waals surface area (Å²) in [6.07, 6.45) is 6.67. The van der Waals surface area contributed by atoms with Crippen LogP contribution in [0.15, 0.2) is 11.5 Å². The third-order valence-corrected chi connectivity index (χ3v) is 3.20. The molecule has 1 fully saturated rings. The minimum Gasteiger partial charge on any atom is -0.459 e. The number of hydrogen-bond acceptors (Lipinski definition) is 2. The van der Waals surface area contributed by atoms with Crippen LogP contribution in [0.25, 0.3) is 0 Å². The van der Waals surface area contributed by atoms with Gasteiger partial charge in [-0.25, -0.2) is 0 Å². The van der Waals surface area contributed by atoms with Crippen molar-refractivity contribution in [2.75, 3.05) is 6.61 Å². The van der Waals surface area contributed by atoms with Gasteiger partial charge in [-0.3, -0.25) is 0 Å². The second-order valence-electron chi connectivity index (χ2n) is 4.00. The topological polar surface area (TPSA) is 21.8 Å². The van der Waals surface area contributed by atoms with Crippen LogP contribution < -0.4 is 0 Å². The fourth-order valence-corrected chi connectivity index (χ4v) is 2.42. The first-order valence-electron chi connectivity index (χ1n) is 4.95. The van der Waals surface area contributed by atoms with Crippen LogP contribution in [-0.2, 0) is 9.47 Å². The van der Waals surface area contributed by atoms with Gasteiger partial charge in [0.2, 0.25) is 0 Å². The van der Waals surface area contributed by atoms with E-state index in [0.29, 0.717) is 6.10 Å². The molecule has 0 aromatic heterocycles. The maximum Gasteiger partial charge on any atom is 0.142 e. The number of hydrogen-bond donors (Lipinski definition) is 0. The molecule has 0 N–H and O–H groups in total. The van der Waals surface area contributed by atoms with Gasteiger partial charge in [0, 0.05) is 19.4 Å². The lowest BCUT2D eigenvalue weighted by atomic mass is 9.88. The molecular formula is C10H14O2. The largest absolute Gasteiger partial charge is 0.459 e. The zero-order valence-electron chi connectivity index (χ0n) is 7.21. The van der Waals surface area contributed by atoms with Crippen LogP contribution in [0.4, 0.5) is 0 Å². The van der Waals surface area contributed by atoms with Crippen molar-refractivity contribution in [1.82, 2.24) is 0 Å². The smallest absolute Gasteiger partial charge is 0.142 e. The van der Waals surface area contributed by atoms with E-state index in [1.165, 1.54) is 37.2 Å². The Morgan fingerprint density at radius 2 is 2.17 bits per heavy atom. The first-order chi connectivity index (χ1) is 5.93. The second-order valence-corrected chi connectivity index (χ2v) is 4.00. The molecule has 2 nitrogen and oxygen atoms in total. The minimum atomic E-state index is 0.545. The Labute approximate surface area is 72.5 Å². The summed E-state index contributed by atoms with van der Waals surface area (Å²) < 4.78 is 11.0. The molecule has 0 amide bonds. The van der Waals surface area contributed by atoms with Crippen LogP contribution in [0.1, 0.15) is 32.1 Å². The van der Waals surface area contributed by atoms with Crippen LogP contribution >= 0.6 is 0 Å². The monoisotopic (exact) mass is 166 g/mol. The van der Waals surface area contributed by atoms with Gasteiger partial charge in [-0.15, -0.1) is 0 Å². The molecule has 0 spiro atoms. The average Bonchev–Trinajstić information content (AvgIpc) is 2.66. The van der Waals surface area contributed by atoms with Crippen LogP contribution in [0, 0.1) is 5.92 Å². The highest BCUT2D eigenvalue weighted by molar-refractivity contribution is 5.21. The van der Waals surface area contributed by atoms with E-state index >= 15 is 0 Å². The molecule has 0 aromatic carbocycles. The first kappa shape index (κ1) is 6.96. The summed E-state index contributed by atoms with van der Waals surface area (Å²) >= 11 is 0. The van der Waals surface area contributed by atoms with Crippen LogP contribution in [-0.4, -0.2) is 12.7 Å². The molecule has 66 valence electrons. The highest BCUT2D eigenvalue weighted by Crippen LogP contribution is 2.44. The van der Waals surface area contributed by atoms with Gasteiger partial charge in [-0.05, 0) is 25.2 Å². The predicted octanol–water partition coefficient (Wildman–Crippen LogP) is 2.21. The summed E-state index contributed by atoms with van der Waals surface area (Å²) in [5.41, 5.74) is 0. The Morgan fingerprint density at radius 1 is 1.17 bits per heavy atom. The third kappa shape index (κ3) is 1.06. The summed E-state index contributed by atoms with van der Waals surface area (Å²) in [4.78, 5) is 0. The number of allylic oxidation sites excluding steroid dienone is 2. The maximum atomic E-state index is 5.68. The lowest BCUT2D eigenvalue weighted by molar-refractivity contribution is 0.0587. The molecular weight excluding hydrogens is 152 g/mol. The lowest BCUT2D eigenvalue weighted by Crippen LogP contribution is -2.20. The lowest BCUT2D eigenvalue weighted by Gasteiger charge is -2.21. The predicted molar refractivity (Wildman–Crippen MR) is 44.4 cm³/mol. The molecule has 3 aliphatic rings. The van der Waals surface area contributed by atoms with E-state index in [0.717, 1.165) is 18.9 Å². The highest BCUT2D eigenvalue weighted by atomic mass is 16.6. The van der Waals surface area contributed by atoms with Gasteiger partial charge in [0.1, 0.15) is 11.5 Å². The minimum absolute atomic E-state index is 0.545. The SMILES string of the molecule is C1COC(C2CCC3=C(C2)O3)C1. The molecule has 1 saturated heterocycles. The Kier molecular flexibility index (Phi) is 1.44. The van der Waals surface area contributed by atoms with Crippen molar-refractivity contribution >= 4 is 0 Å². The van der Waals surface area contributed by atoms with Crippen molar-refractivity contribution < 1.29 is 9.47 Å². The summed E-state index contributed by atoms with van der Waals surface area (Å²) in [5.74, 6) is 3.32. The fourth-order valence-electron chi connectivity index (χ4n) is 2.42. The molecule has 2 atom stereocenters. The molecule has 2 heteroatoms. The third-order valence-electron chi connectivity index (χ3n) is 3.20. The second kappa shape index (κ2) is 2.49. The molecule has 2 unspecified atom stereocenters. The van der Waals surface area contributed by atoms with Crippen molar-refractivity contribution in [3.05, 3.63) is 11.5 Å². The normalized spacial score (nSPS) is 39.3. The Bertz CT molecular complexity index is 226. The van der Waals surface area contributed by atoms with E-state index in [2.05, 4.69) is 0 Å². The van der Waals surface area contributed by atoms with E-state index < -0.39 is 0 Å². The van der Waals surface area contributed by atoms with Gasteiger partial charge in [-0.1, -0.05) is 0 Å². The van der Waals surface area contributed by atoms with Gasteiger partial charge in [0.05, 0.1) is 6.10 Å². The zero-order chi connectivity index (χ0) is 7.97. The maximum absolute atomic E-state index is 5.68. The Hall–Kier alpha value is -0.500. The van der Waals surface area contributed by atoms with E-state index in [4.69, 9.17) is 9.47 Å².